The standard InChI is InChI=1S/C17H34N2O/c1-6-17(7-2)12-19(16(11-18-17)13(3)4)15-8-9-20-14(5)10-15/h13-16,18H,6-12H2,1-5H3. The van der Waals surface area contributed by atoms with Crippen LogP contribution in [0.3, 0.4) is 0 Å². The van der Waals surface area contributed by atoms with Gasteiger partial charge in [-0.05, 0) is 38.5 Å². The SMILES string of the molecule is CCC1(CC)CN(C2CCOC(C)C2)C(C(C)C)CN1. The van der Waals surface area contributed by atoms with E-state index in [4.69, 9.17) is 4.74 Å². The molecule has 0 saturated carbocycles. The van der Waals surface area contributed by atoms with E-state index in [-0.39, 0.29) is 0 Å². The predicted molar refractivity (Wildman–Crippen MR) is 85.1 cm³/mol. The van der Waals surface area contributed by atoms with E-state index in [1.807, 2.05) is 0 Å². The highest BCUT2D eigenvalue weighted by Crippen LogP contribution is 2.31. The molecule has 2 fully saturated rings. The number of piperazine rings is 1. The maximum absolute atomic E-state index is 5.76. The summed E-state index contributed by atoms with van der Waals surface area (Å²) in [6, 6.07) is 1.39. The van der Waals surface area contributed by atoms with E-state index in [1.165, 1.54) is 32.2 Å². The average Bonchev–Trinajstić information content (AvgIpc) is 2.46. The molecule has 0 aromatic rings. The quantitative estimate of drug-likeness (QED) is 0.858. The maximum atomic E-state index is 5.76. The number of hydrogen-bond acceptors (Lipinski definition) is 3. The van der Waals surface area contributed by atoms with Crippen molar-refractivity contribution in [2.45, 2.75) is 84.0 Å². The van der Waals surface area contributed by atoms with Crippen LogP contribution in [-0.4, -0.2) is 48.3 Å². The molecule has 0 bridgehead atoms. The highest BCUT2D eigenvalue weighted by atomic mass is 16.5. The van der Waals surface area contributed by atoms with Gasteiger partial charge in [0.1, 0.15) is 0 Å². The molecule has 0 aromatic heterocycles. The molecule has 0 radical (unpaired) electrons. The van der Waals surface area contributed by atoms with Gasteiger partial charge in [0.25, 0.3) is 0 Å². The van der Waals surface area contributed by atoms with Crippen LogP contribution >= 0.6 is 0 Å². The Balaban J connectivity index is 2.14. The first kappa shape index (κ1) is 16.3. The van der Waals surface area contributed by atoms with Crippen molar-refractivity contribution in [1.82, 2.24) is 10.2 Å². The average molecular weight is 282 g/mol. The molecular weight excluding hydrogens is 248 g/mol. The van der Waals surface area contributed by atoms with Crippen molar-refractivity contribution in [2.24, 2.45) is 5.92 Å². The van der Waals surface area contributed by atoms with E-state index >= 15 is 0 Å². The predicted octanol–water partition coefficient (Wildman–Crippen LogP) is 3.04. The van der Waals surface area contributed by atoms with Gasteiger partial charge in [0.05, 0.1) is 6.10 Å². The van der Waals surface area contributed by atoms with Crippen molar-refractivity contribution in [3.8, 4) is 0 Å². The summed E-state index contributed by atoms with van der Waals surface area (Å²) in [6.07, 6.45) is 5.28. The largest absolute Gasteiger partial charge is 0.378 e. The molecular formula is C17H34N2O. The third kappa shape index (κ3) is 3.37. The summed E-state index contributed by atoms with van der Waals surface area (Å²) in [7, 11) is 0. The molecule has 2 rings (SSSR count). The second-order valence-corrected chi connectivity index (χ2v) is 7.21. The van der Waals surface area contributed by atoms with Crippen LogP contribution in [0.25, 0.3) is 0 Å². The Labute approximate surface area is 125 Å². The van der Waals surface area contributed by atoms with Crippen LogP contribution in [0.5, 0.6) is 0 Å². The van der Waals surface area contributed by atoms with Crippen molar-refractivity contribution in [3.63, 3.8) is 0 Å². The number of rotatable bonds is 4. The van der Waals surface area contributed by atoms with Crippen molar-refractivity contribution < 1.29 is 4.74 Å². The smallest absolute Gasteiger partial charge is 0.0561 e. The lowest BCUT2D eigenvalue weighted by atomic mass is 9.84. The van der Waals surface area contributed by atoms with Crippen LogP contribution in [0, 0.1) is 5.92 Å². The van der Waals surface area contributed by atoms with Crippen molar-refractivity contribution in [3.05, 3.63) is 0 Å². The second-order valence-electron chi connectivity index (χ2n) is 7.21. The number of hydrogen-bond donors (Lipinski definition) is 1. The molecule has 2 aliphatic rings. The molecule has 20 heavy (non-hydrogen) atoms. The molecule has 3 atom stereocenters. The van der Waals surface area contributed by atoms with E-state index in [1.54, 1.807) is 0 Å². The van der Waals surface area contributed by atoms with Gasteiger partial charge in [0.2, 0.25) is 0 Å². The lowest BCUT2D eigenvalue weighted by Gasteiger charge is -2.52. The molecule has 0 spiro atoms. The Hall–Kier alpha value is -0.120. The van der Waals surface area contributed by atoms with Gasteiger partial charge in [-0.2, -0.15) is 0 Å². The van der Waals surface area contributed by atoms with Crippen LogP contribution < -0.4 is 5.32 Å². The fourth-order valence-electron chi connectivity index (χ4n) is 3.98. The monoisotopic (exact) mass is 282 g/mol. The van der Waals surface area contributed by atoms with Crippen molar-refractivity contribution >= 4 is 0 Å². The van der Waals surface area contributed by atoms with Crippen LogP contribution in [-0.2, 0) is 4.74 Å². The summed E-state index contributed by atoms with van der Waals surface area (Å²) in [5.74, 6) is 0.715. The highest BCUT2D eigenvalue weighted by molar-refractivity contribution is 5.00. The zero-order valence-electron chi connectivity index (χ0n) is 14.1. The number of ether oxygens (including phenoxy) is 1. The zero-order valence-corrected chi connectivity index (χ0v) is 14.1. The molecule has 0 aliphatic carbocycles. The Kier molecular flexibility index (Phi) is 5.49. The minimum atomic E-state index is 0.326. The van der Waals surface area contributed by atoms with Crippen LogP contribution in [0.15, 0.2) is 0 Å². The highest BCUT2D eigenvalue weighted by Gasteiger charge is 2.41. The Morgan fingerprint density at radius 3 is 2.55 bits per heavy atom. The van der Waals surface area contributed by atoms with E-state index in [0.29, 0.717) is 29.6 Å². The lowest BCUT2D eigenvalue weighted by molar-refractivity contribution is -0.0565. The minimum absolute atomic E-state index is 0.326. The third-order valence-corrected chi connectivity index (χ3v) is 5.65. The normalized spacial score (nSPS) is 35.4. The summed E-state index contributed by atoms with van der Waals surface area (Å²) in [4.78, 5) is 2.83. The van der Waals surface area contributed by atoms with Gasteiger partial charge in [-0.1, -0.05) is 27.7 Å². The van der Waals surface area contributed by atoms with Gasteiger partial charge >= 0.3 is 0 Å². The fourth-order valence-corrected chi connectivity index (χ4v) is 3.98. The zero-order chi connectivity index (χ0) is 14.8. The van der Waals surface area contributed by atoms with E-state index < -0.39 is 0 Å². The van der Waals surface area contributed by atoms with E-state index in [0.717, 1.165) is 13.2 Å². The first-order valence-electron chi connectivity index (χ1n) is 8.63. The van der Waals surface area contributed by atoms with Crippen molar-refractivity contribution in [1.29, 1.82) is 0 Å². The molecule has 0 aromatic carbocycles. The molecule has 2 aliphatic heterocycles. The van der Waals surface area contributed by atoms with Gasteiger partial charge in [0.15, 0.2) is 0 Å². The Morgan fingerprint density at radius 1 is 1.30 bits per heavy atom. The van der Waals surface area contributed by atoms with E-state index in [9.17, 15) is 0 Å². The molecule has 2 heterocycles. The molecule has 3 heteroatoms. The minimum Gasteiger partial charge on any atom is -0.378 e. The summed E-state index contributed by atoms with van der Waals surface area (Å²) in [5.41, 5.74) is 0.326. The summed E-state index contributed by atoms with van der Waals surface area (Å²) in [6.45, 7) is 14.9. The molecule has 3 nitrogen and oxygen atoms in total. The molecule has 118 valence electrons. The van der Waals surface area contributed by atoms with Crippen molar-refractivity contribution in [2.75, 3.05) is 19.7 Å². The first-order chi connectivity index (χ1) is 9.51. The summed E-state index contributed by atoms with van der Waals surface area (Å²) in [5, 5.41) is 3.87. The fraction of sp³-hybridized carbons (Fsp3) is 1.00. The molecule has 3 unspecified atom stereocenters. The van der Waals surface area contributed by atoms with Crippen LogP contribution in [0.2, 0.25) is 0 Å². The first-order valence-corrected chi connectivity index (χ1v) is 8.63. The Bertz CT molecular complexity index is 301. The molecule has 1 N–H and O–H groups in total. The van der Waals surface area contributed by atoms with Crippen LogP contribution in [0.4, 0.5) is 0 Å². The number of nitrogens with zero attached hydrogens (tertiary/aromatic N) is 1. The van der Waals surface area contributed by atoms with Gasteiger partial charge in [-0.15, -0.1) is 0 Å². The van der Waals surface area contributed by atoms with Gasteiger partial charge in [-0.25, -0.2) is 0 Å². The summed E-state index contributed by atoms with van der Waals surface area (Å²) < 4.78 is 5.76. The summed E-state index contributed by atoms with van der Waals surface area (Å²) >= 11 is 0. The molecule has 2 saturated heterocycles. The second kappa shape index (κ2) is 6.76. The topological polar surface area (TPSA) is 24.5 Å². The van der Waals surface area contributed by atoms with Gasteiger partial charge in [0, 0.05) is 37.3 Å². The van der Waals surface area contributed by atoms with E-state index in [2.05, 4.69) is 44.8 Å². The van der Waals surface area contributed by atoms with Gasteiger partial charge < -0.3 is 10.1 Å². The van der Waals surface area contributed by atoms with Crippen LogP contribution in [0.1, 0.15) is 60.3 Å². The third-order valence-electron chi connectivity index (χ3n) is 5.65. The Morgan fingerprint density at radius 2 is 2.00 bits per heavy atom. The molecule has 0 amide bonds. The number of nitrogens with one attached hydrogen (secondary N) is 1. The maximum Gasteiger partial charge on any atom is 0.0561 e. The van der Waals surface area contributed by atoms with Gasteiger partial charge in [-0.3, -0.25) is 4.90 Å². The lowest BCUT2D eigenvalue weighted by Crippen LogP contribution is -2.67.